The molecule has 1 aromatic carbocycles. The molecule has 1 saturated heterocycles. The largest absolute Gasteiger partial charge is 0.593 e. The van der Waals surface area contributed by atoms with Gasteiger partial charge in [-0.1, -0.05) is 13.0 Å². The SMILES string of the molecule is COc1cccc(OC)c1-n1c(N[S+]([O-])C(C)C(C)c2cnc(C)cn2)nnc1C1CCCO1. The number of aryl methyl sites for hydroxylation is 1. The van der Waals surface area contributed by atoms with Crippen LogP contribution in [0.25, 0.3) is 5.69 Å². The number of para-hydroxylation sites is 1. The molecule has 0 aliphatic carbocycles. The number of nitrogens with one attached hydrogen (secondary N) is 1. The van der Waals surface area contributed by atoms with Gasteiger partial charge in [-0.2, -0.15) is 4.72 Å². The monoisotopic (exact) mass is 486 g/mol. The summed E-state index contributed by atoms with van der Waals surface area (Å²) < 4.78 is 35.4. The molecule has 1 aliphatic heterocycles. The number of hydrogen-bond acceptors (Lipinski definition) is 9. The average molecular weight is 487 g/mol. The number of nitrogens with zero attached hydrogens (tertiary/aromatic N) is 5. The molecule has 4 rings (SSSR count). The van der Waals surface area contributed by atoms with E-state index >= 15 is 0 Å². The summed E-state index contributed by atoms with van der Waals surface area (Å²) in [4.78, 5) is 8.76. The molecule has 10 nitrogen and oxygen atoms in total. The van der Waals surface area contributed by atoms with Gasteiger partial charge in [-0.15, -0.1) is 10.2 Å². The minimum absolute atomic E-state index is 0.101. The fourth-order valence-electron chi connectivity index (χ4n) is 3.87. The number of anilines is 1. The number of benzene rings is 1. The van der Waals surface area contributed by atoms with Gasteiger partial charge < -0.3 is 18.8 Å². The van der Waals surface area contributed by atoms with Crippen LogP contribution < -0.4 is 14.2 Å². The summed E-state index contributed by atoms with van der Waals surface area (Å²) in [5.41, 5.74) is 2.23. The van der Waals surface area contributed by atoms with E-state index in [0.29, 0.717) is 35.6 Å². The third-order valence-electron chi connectivity index (χ3n) is 6.03. The zero-order valence-electron chi connectivity index (χ0n) is 20.0. The lowest BCUT2D eigenvalue weighted by atomic mass is 10.1. The van der Waals surface area contributed by atoms with Gasteiger partial charge in [0, 0.05) is 24.9 Å². The molecular formula is C23H30N6O4S. The lowest BCUT2D eigenvalue weighted by Crippen LogP contribution is -2.31. The van der Waals surface area contributed by atoms with E-state index in [9.17, 15) is 4.55 Å². The maximum Gasteiger partial charge on any atom is 0.271 e. The lowest BCUT2D eigenvalue weighted by molar-refractivity contribution is 0.103. The molecule has 0 amide bonds. The molecule has 3 heterocycles. The summed E-state index contributed by atoms with van der Waals surface area (Å²) in [5.74, 6) is 1.97. The van der Waals surface area contributed by atoms with E-state index in [-0.39, 0.29) is 17.3 Å². The summed E-state index contributed by atoms with van der Waals surface area (Å²) in [6.07, 6.45) is 4.96. The van der Waals surface area contributed by atoms with Crippen molar-refractivity contribution < 1.29 is 18.8 Å². The highest BCUT2D eigenvalue weighted by molar-refractivity contribution is 7.93. The van der Waals surface area contributed by atoms with E-state index in [0.717, 1.165) is 24.2 Å². The molecule has 1 aliphatic rings. The fourth-order valence-corrected chi connectivity index (χ4v) is 4.88. The van der Waals surface area contributed by atoms with Gasteiger partial charge in [0.05, 0.1) is 37.0 Å². The number of hydrogen-bond donors (Lipinski definition) is 1. The van der Waals surface area contributed by atoms with E-state index in [2.05, 4.69) is 24.9 Å². The molecule has 1 N–H and O–H groups in total. The Bertz CT molecular complexity index is 1080. The number of rotatable bonds is 9. The zero-order valence-corrected chi connectivity index (χ0v) is 20.8. The molecule has 3 aromatic rings. The summed E-state index contributed by atoms with van der Waals surface area (Å²) in [6.45, 7) is 6.42. The second-order valence-electron chi connectivity index (χ2n) is 8.21. The second kappa shape index (κ2) is 10.6. The maximum atomic E-state index is 13.4. The number of methoxy groups -OCH3 is 2. The van der Waals surface area contributed by atoms with Crippen LogP contribution in [0.15, 0.2) is 30.6 Å². The standard InChI is InChI=1S/C23H30N6O4S/c1-14-12-25-17(13-24-14)15(2)16(3)34(30)28-23-27-26-22(20-10-7-11-33-20)29(23)21-18(31-4)8-6-9-19(21)32-5/h6,8-9,12-13,15-16,20H,7,10-11H2,1-5H3,(H,27,28). The third kappa shape index (κ3) is 4.82. The van der Waals surface area contributed by atoms with E-state index in [1.165, 1.54) is 0 Å². The third-order valence-corrected chi connectivity index (χ3v) is 7.50. The van der Waals surface area contributed by atoms with Crippen molar-refractivity contribution in [2.24, 2.45) is 0 Å². The van der Waals surface area contributed by atoms with Crippen molar-refractivity contribution in [1.82, 2.24) is 24.7 Å². The van der Waals surface area contributed by atoms with Crippen LogP contribution in [0, 0.1) is 6.92 Å². The Morgan fingerprint density at radius 1 is 1.15 bits per heavy atom. The second-order valence-corrected chi connectivity index (χ2v) is 9.75. The van der Waals surface area contributed by atoms with Crippen LogP contribution >= 0.6 is 0 Å². The minimum Gasteiger partial charge on any atom is -0.593 e. The topological polar surface area (TPSA) is 119 Å². The van der Waals surface area contributed by atoms with Gasteiger partial charge >= 0.3 is 0 Å². The Kier molecular flexibility index (Phi) is 7.54. The quantitative estimate of drug-likeness (QED) is 0.453. The van der Waals surface area contributed by atoms with E-state index in [4.69, 9.17) is 14.2 Å². The van der Waals surface area contributed by atoms with E-state index < -0.39 is 11.4 Å². The molecule has 0 saturated carbocycles. The normalized spacial score (nSPS) is 18.4. The van der Waals surface area contributed by atoms with Crippen molar-refractivity contribution in [3.8, 4) is 17.2 Å². The molecule has 0 radical (unpaired) electrons. The molecule has 182 valence electrons. The van der Waals surface area contributed by atoms with Gasteiger partial charge in [-0.05, 0) is 38.8 Å². The molecular weight excluding hydrogens is 456 g/mol. The first kappa shape index (κ1) is 24.2. The van der Waals surface area contributed by atoms with Crippen LogP contribution in [0.2, 0.25) is 0 Å². The zero-order chi connectivity index (χ0) is 24.2. The summed E-state index contributed by atoms with van der Waals surface area (Å²) >= 11 is -1.50. The molecule has 34 heavy (non-hydrogen) atoms. The summed E-state index contributed by atoms with van der Waals surface area (Å²) in [6, 6.07) is 5.51. The Labute approximate surface area is 202 Å². The Hall–Kier alpha value is -2.89. The van der Waals surface area contributed by atoms with Crippen molar-refractivity contribution in [1.29, 1.82) is 0 Å². The van der Waals surface area contributed by atoms with Gasteiger partial charge in [0.25, 0.3) is 5.95 Å². The van der Waals surface area contributed by atoms with Crippen LogP contribution in [0.1, 0.15) is 55.9 Å². The molecule has 2 aromatic heterocycles. The Balaban J connectivity index is 1.69. The molecule has 11 heteroatoms. The van der Waals surface area contributed by atoms with Gasteiger partial charge in [-0.25, -0.2) is 0 Å². The minimum atomic E-state index is -1.50. The summed E-state index contributed by atoms with van der Waals surface area (Å²) in [5, 5.41) is 8.47. The van der Waals surface area contributed by atoms with Crippen molar-refractivity contribution in [3.63, 3.8) is 0 Å². The number of aromatic nitrogens is 5. The smallest absolute Gasteiger partial charge is 0.271 e. The number of ether oxygens (including phenoxy) is 3. The van der Waals surface area contributed by atoms with Crippen molar-refractivity contribution in [2.45, 2.75) is 50.9 Å². The highest BCUT2D eigenvalue weighted by Crippen LogP contribution is 2.39. The highest BCUT2D eigenvalue weighted by Gasteiger charge is 2.33. The van der Waals surface area contributed by atoms with Crippen LogP contribution in [-0.2, 0) is 16.1 Å². The van der Waals surface area contributed by atoms with E-state index in [1.807, 2.05) is 39.0 Å². The van der Waals surface area contributed by atoms with Crippen molar-refractivity contribution in [2.75, 3.05) is 25.5 Å². The Morgan fingerprint density at radius 2 is 1.88 bits per heavy atom. The molecule has 4 atom stereocenters. The summed E-state index contributed by atoms with van der Waals surface area (Å²) in [7, 11) is 3.18. The first-order chi connectivity index (χ1) is 16.4. The van der Waals surface area contributed by atoms with Crippen LogP contribution in [0.5, 0.6) is 11.5 Å². The van der Waals surface area contributed by atoms with E-state index in [1.54, 1.807) is 31.2 Å². The van der Waals surface area contributed by atoms with Gasteiger partial charge in [0.15, 0.2) is 5.82 Å². The van der Waals surface area contributed by atoms with Crippen LogP contribution in [0.4, 0.5) is 5.95 Å². The van der Waals surface area contributed by atoms with Gasteiger partial charge in [0.2, 0.25) is 0 Å². The fraction of sp³-hybridized carbons (Fsp3) is 0.478. The average Bonchev–Trinajstić information content (AvgIpc) is 3.53. The van der Waals surface area contributed by atoms with Crippen LogP contribution in [0.3, 0.4) is 0 Å². The maximum absolute atomic E-state index is 13.4. The Morgan fingerprint density at radius 3 is 2.47 bits per heavy atom. The molecule has 0 spiro atoms. The van der Waals surface area contributed by atoms with Gasteiger partial charge in [0.1, 0.15) is 28.5 Å². The molecule has 4 unspecified atom stereocenters. The molecule has 0 bridgehead atoms. The van der Waals surface area contributed by atoms with Crippen LogP contribution in [-0.4, -0.2) is 55.4 Å². The first-order valence-electron chi connectivity index (χ1n) is 11.2. The predicted molar refractivity (Wildman–Crippen MR) is 129 cm³/mol. The van der Waals surface area contributed by atoms with Crippen molar-refractivity contribution in [3.05, 3.63) is 47.8 Å². The highest BCUT2D eigenvalue weighted by atomic mass is 32.2. The van der Waals surface area contributed by atoms with Gasteiger partial charge in [-0.3, -0.25) is 14.5 Å². The van der Waals surface area contributed by atoms with Crippen molar-refractivity contribution >= 4 is 17.3 Å². The predicted octanol–water partition coefficient (Wildman–Crippen LogP) is 3.50. The molecule has 1 fully saturated rings. The first-order valence-corrected chi connectivity index (χ1v) is 12.4. The lowest BCUT2D eigenvalue weighted by Gasteiger charge is -2.24.